The van der Waals surface area contributed by atoms with Crippen molar-refractivity contribution in [1.82, 2.24) is 19.4 Å². The van der Waals surface area contributed by atoms with Gasteiger partial charge in [0.05, 0.1) is 24.2 Å². The monoisotopic (exact) mass is 380 g/mol. The molecule has 0 atom stereocenters. The lowest BCUT2D eigenvalue weighted by Gasteiger charge is -2.17. The molecule has 0 aromatic carbocycles. The molecule has 0 fully saturated rings. The smallest absolute Gasteiger partial charge is 0.209 e. The molecule has 0 aliphatic carbocycles. The van der Waals surface area contributed by atoms with Crippen molar-refractivity contribution in [3.8, 4) is 0 Å². The second-order valence-corrected chi connectivity index (χ2v) is 9.24. The summed E-state index contributed by atoms with van der Waals surface area (Å²) in [6.45, 7) is 10.5. The highest BCUT2D eigenvalue weighted by molar-refractivity contribution is 7.88. The number of hydrogen-bond acceptors (Lipinski definition) is 4. The first kappa shape index (κ1) is 20.9. The number of rotatable bonds is 8. The molecule has 0 spiro atoms. The Kier molecular flexibility index (Phi) is 7.61. The van der Waals surface area contributed by atoms with Gasteiger partial charge in [0.2, 0.25) is 10.0 Å². The molecule has 0 unspecified atom stereocenters. The molecule has 6 nitrogen and oxygen atoms in total. The molecule has 0 saturated carbocycles. The van der Waals surface area contributed by atoms with Crippen molar-refractivity contribution in [3.63, 3.8) is 0 Å². The van der Waals surface area contributed by atoms with Gasteiger partial charge in [-0.1, -0.05) is 23.3 Å². The van der Waals surface area contributed by atoms with Crippen LogP contribution in [0.25, 0.3) is 0 Å². The Bertz CT molecular complexity index is 759. The molecular formula is C19H32N4O2S. The van der Waals surface area contributed by atoms with Gasteiger partial charge in [0.25, 0.3) is 0 Å². The maximum absolute atomic E-state index is 11.3. The standard InChI is InChI=1S/C19H32N4O2S/c1-16(2)7-5-8-17(3)9-12-22-10-6-11-23-19(15-22)13-18(21-23)14-20-26(4,24)25/h7,9,13,20H,5-6,8,10-12,14-15H2,1-4H3. The lowest BCUT2D eigenvalue weighted by atomic mass is 10.1. The van der Waals surface area contributed by atoms with Gasteiger partial charge < -0.3 is 0 Å². The third kappa shape index (κ3) is 7.43. The van der Waals surface area contributed by atoms with Crippen molar-refractivity contribution in [2.24, 2.45) is 0 Å². The Morgan fingerprint density at radius 1 is 1.27 bits per heavy atom. The Morgan fingerprint density at radius 2 is 2.04 bits per heavy atom. The first-order valence-corrected chi connectivity index (χ1v) is 11.1. The van der Waals surface area contributed by atoms with E-state index < -0.39 is 10.0 Å². The molecule has 0 saturated heterocycles. The zero-order chi connectivity index (χ0) is 19.2. The van der Waals surface area contributed by atoms with E-state index in [9.17, 15) is 8.42 Å². The highest BCUT2D eigenvalue weighted by Crippen LogP contribution is 2.15. The van der Waals surface area contributed by atoms with Crippen LogP contribution >= 0.6 is 0 Å². The van der Waals surface area contributed by atoms with E-state index in [2.05, 4.69) is 47.6 Å². The van der Waals surface area contributed by atoms with Crippen LogP contribution in [0, 0.1) is 0 Å². The minimum atomic E-state index is -3.19. The van der Waals surface area contributed by atoms with Gasteiger partial charge in [-0.2, -0.15) is 5.10 Å². The topological polar surface area (TPSA) is 67.2 Å². The fourth-order valence-corrected chi connectivity index (χ4v) is 3.42. The van der Waals surface area contributed by atoms with Crippen LogP contribution < -0.4 is 4.72 Å². The second-order valence-electron chi connectivity index (χ2n) is 7.40. The van der Waals surface area contributed by atoms with E-state index in [1.807, 2.05) is 10.7 Å². The lowest BCUT2D eigenvalue weighted by molar-refractivity contribution is 0.298. The zero-order valence-corrected chi connectivity index (χ0v) is 17.3. The molecule has 2 heterocycles. The Balaban J connectivity index is 1.92. The van der Waals surface area contributed by atoms with Crippen LogP contribution in [-0.2, 0) is 29.7 Å². The Labute approximate surface area is 158 Å². The average Bonchev–Trinajstić information content (AvgIpc) is 2.81. The molecule has 7 heteroatoms. The number of hydrogen-bond donors (Lipinski definition) is 1. The minimum Gasteiger partial charge on any atom is -0.294 e. The molecule has 1 aliphatic heterocycles. The molecule has 1 aliphatic rings. The van der Waals surface area contributed by atoms with E-state index in [1.54, 1.807) is 0 Å². The largest absolute Gasteiger partial charge is 0.294 e. The average molecular weight is 381 g/mol. The number of allylic oxidation sites excluding steroid dienone is 3. The SMILES string of the molecule is CC(C)=CCCC(C)=CCN1CCCn2nc(CNS(C)(=O)=O)cc2C1. The summed E-state index contributed by atoms with van der Waals surface area (Å²) < 4.78 is 27.0. The molecule has 1 aromatic rings. The van der Waals surface area contributed by atoms with Gasteiger partial charge in [-0.25, -0.2) is 13.1 Å². The van der Waals surface area contributed by atoms with Crippen molar-refractivity contribution in [2.45, 2.75) is 59.7 Å². The van der Waals surface area contributed by atoms with Gasteiger partial charge in [-0.05, 0) is 46.1 Å². The quantitative estimate of drug-likeness (QED) is 0.704. The summed E-state index contributed by atoms with van der Waals surface area (Å²) in [6, 6.07) is 2.02. The van der Waals surface area contributed by atoms with E-state index in [0.29, 0.717) is 0 Å². The van der Waals surface area contributed by atoms with Crippen LogP contribution in [0.5, 0.6) is 0 Å². The molecule has 0 radical (unpaired) electrons. The van der Waals surface area contributed by atoms with Crippen LogP contribution in [0.15, 0.2) is 29.4 Å². The zero-order valence-electron chi connectivity index (χ0n) is 16.5. The van der Waals surface area contributed by atoms with Crippen molar-refractivity contribution < 1.29 is 8.42 Å². The van der Waals surface area contributed by atoms with Crippen LogP contribution in [0.1, 0.15) is 51.4 Å². The predicted molar refractivity (Wildman–Crippen MR) is 106 cm³/mol. The molecule has 1 aromatic heterocycles. The summed E-state index contributed by atoms with van der Waals surface area (Å²) in [4.78, 5) is 2.43. The molecule has 26 heavy (non-hydrogen) atoms. The van der Waals surface area contributed by atoms with Crippen LogP contribution in [0.4, 0.5) is 0 Å². The highest BCUT2D eigenvalue weighted by atomic mass is 32.2. The maximum atomic E-state index is 11.3. The van der Waals surface area contributed by atoms with Gasteiger partial charge in [-0.3, -0.25) is 9.58 Å². The molecule has 0 bridgehead atoms. The third-order valence-electron chi connectivity index (χ3n) is 4.45. The minimum absolute atomic E-state index is 0.252. The summed E-state index contributed by atoms with van der Waals surface area (Å²) in [7, 11) is -3.19. The van der Waals surface area contributed by atoms with Crippen LogP contribution in [0.2, 0.25) is 0 Å². The second kappa shape index (κ2) is 9.48. The van der Waals surface area contributed by atoms with Crippen molar-refractivity contribution in [1.29, 1.82) is 0 Å². The van der Waals surface area contributed by atoms with Gasteiger partial charge in [0.1, 0.15) is 0 Å². The van der Waals surface area contributed by atoms with Crippen LogP contribution in [0.3, 0.4) is 0 Å². The fourth-order valence-electron chi connectivity index (χ4n) is 3.01. The number of sulfonamides is 1. The number of aryl methyl sites for hydroxylation is 1. The number of nitrogens with one attached hydrogen (secondary N) is 1. The summed E-state index contributed by atoms with van der Waals surface area (Å²) in [5, 5.41) is 4.54. The van der Waals surface area contributed by atoms with E-state index in [0.717, 1.165) is 56.8 Å². The summed E-state index contributed by atoms with van der Waals surface area (Å²) in [5.74, 6) is 0. The Hall–Kier alpha value is -1.44. The molecular weight excluding hydrogens is 348 g/mol. The molecule has 1 N–H and O–H groups in total. The number of fused-ring (bicyclic) bond motifs is 1. The first-order chi connectivity index (χ1) is 12.2. The van der Waals surface area contributed by atoms with Crippen molar-refractivity contribution >= 4 is 10.0 Å². The van der Waals surface area contributed by atoms with Crippen molar-refractivity contribution in [2.75, 3.05) is 19.3 Å². The van der Waals surface area contributed by atoms with Gasteiger partial charge in [0, 0.05) is 26.2 Å². The normalized spacial score (nSPS) is 16.2. The van der Waals surface area contributed by atoms with Crippen LogP contribution in [-0.4, -0.2) is 42.4 Å². The summed E-state index contributed by atoms with van der Waals surface area (Å²) in [6.07, 6.45) is 9.05. The van der Waals surface area contributed by atoms with Gasteiger partial charge >= 0.3 is 0 Å². The molecule has 2 rings (SSSR count). The third-order valence-corrected chi connectivity index (χ3v) is 5.12. The number of aromatic nitrogens is 2. The molecule has 0 amide bonds. The fraction of sp³-hybridized carbons (Fsp3) is 0.632. The lowest BCUT2D eigenvalue weighted by Crippen LogP contribution is -2.23. The molecule has 146 valence electrons. The first-order valence-electron chi connectivity index (χ1n) is 9.24. The Morgan fingerprint density at radius 3 is 2.73 bits per heavy atom. The van der Waals surface area contributed by atoms with Gasteiger partial charge in [0.15, 0.2) is 0 Å². The maximum Gasteiger partial charge on any atom is 0.209 e. The summed E-state index contributed by atoms with van der Waals surface area (Å²) >= 11 is 0. The summed E-state index contributed by atoms with van der Waals surface area (Å²) in [5.41, 5.74) is 4.74. The van der Waals surface area contributed by atoms with E-state index in [4.69, 9.17) is 0 Å². The van der Waals surface area contributed by atoms with E-state index >= 15 is 0 Å². The van der Waals surface area contributed by atoms with Crippen molar-refractivity contribution in [3.05, 3.63) is 40.8 Å². The van der Waals surface area contributed by atoms with E-state index in [-0.39, 0.29) is 6.54 Å². The predicted octanol–water partition coefficient (Wildman–Crippen LogP) is 2.83. The highest BCUT2D eigenvalue weighted by Gasteiger charge is 2.16. The van der Waals surface area contributed by atoms with Gasteiger partial charge in [-0.15, -0.1) is 0 Å². The van der Waals surface area contributed by atoms with E-state index in [1.165, 1.54) is 17.4 Å². The number of nitrogens with zero attached hydrogens (tertiary/aromatic N) is 3.